The molecular formula is C17H14BrN3. The summed E-state index contributed by atoms with van der Waals surface area (Å²) in [5.41, 5.74) is 3.19. The summed E-state index contributed by atoms with van der Waals surface area (Å²) in [6.45, 7) is 0.692. The molecular weight excluding hydrogens is 326 g/mol. The van der Waals surface area contributed by atoms with Gasteiger partial charge in [-0.05, 0) is 23.8 Å². The average molecular weight is 340 g/mol. The van der Waals surface area contributed by atoms with Gasteiger partial charge >= 0.3 is 0 Å². The lowest BCUT2D eigenvalue weighted by atomic mass is 10.1. The van der Waals surface area contributed by atoms with Crippen molar-refractivity contribution in [3.63, 3.8) is 0 Å². The Bertz CT molecular complexity index is 729. The van der Waals surface area contributed by atoms with Crippen LogP contribution < -0.4 is 5.32 Å². The lowest BCUT2D eigenvalue weighted by Gasteiger charge is -2.07. The first kappa shape index (κ1) is 13.8. The van der Waals surface area contributed by atoms with Crippen LogP contribution in [0.15, 0.2) is 71.3 Å². The first-order chi connectivity index (χ1) is 10.3. The third-order valence-electron chi connectivity index (χ3n) is 3.06. The SMILES string of the molecule is Brc1cccc(CNc2nccc(-c3ccccc3)n2)c1. The first-order valence-electron chi connectivity index (χ1n) is 6.68. The summed E-state index contributed by atoms with van der Waals surface area (Å²) in [6, 6.07) is 20.2. The van der Waals surface area contributed by atoms with Crippen LogP contribution in [-0.4, -0.2) is 9.97 Å². The van der Waals surface area contributed by atoms with Gasteiger partial charge in [0.25, 0.3) is 0 Å². The first-order valence-corrected chi connectivity index (χ1v) is 7.47. The number of hydrogen-bond acceptors (Lipinski definition) is 3. The predicted molar refractivity (Wildman–Crippen MR) is 88.9 cm³/mol. The van der Waals surface area contributed by atoms with Crippen LogP contribution >= 0.6 is 15.9 Å². The zero-order valence-corrected chi connectivity index (χ0v) is 12.9. The van der Waals surface area contributed by atoms with E-state index in [-0.39, 0.29) is 0 Å². The summed E-state index contributed by atoms with van der Waals surface area (Å²) in [5, 5.41) is 3.26. The van der Waals surface area contributed by atoms with Crippen LogP contribution in [0.4, 0.5) is 5.95 Å². The second-order valence-corrected chi connectivity index (χ2v) is 5.53. The third kappa shape index (κ3) is 3.67. The number of halogens is 1. The summed E-state index contributed by atoms with van der Waals surface area (Å²) < 4.78 is 1.07. The van der Waals surface area contributed by atoms with E-state index in [9.17, 15) is 0 Å². The molecule has 0 unspecified atom stereocenters. The fraction of sp³-hybridized carbons (Fsp3) is 0.0588. The van der Waals surface area contributed by atoms with Crippen molar-refractivity contribution in [3.8, 4) is 11.3 Å². The molecule has 0 aliphatic carbocycles. The summed E-state index contributed by atoms with van der Waals surface area (Å²) in [6.07, 6.45) is 1.78. The van der Waals surface area contributed by atoms with Gasteiger partial charge in [-0.3, -0.25) is 0 Å². The van der Waals surface area contributed by atoms with E-state index in [1.807, 2.05) is 48.5 Å². The van der Waals surface area contributed by atoms with E-state index in [1.54, 1.807) is 6.20 Å². The normalized spacial score (nSPS) is 10.3. The van der Waals surface area contributed by atoms with Gasteiger partial charge in [0.2, 0.25) is 5.95 Å². The van der Waals surface area contributed by atoms with Gasteiger partial charge in [-0.1, -0.05) is 58.4 Å². The highest BCUT2D eigenvalue weighted by molar-refractivity contribution is 9.10. The lowest BCUT2D eigenvalue weighted by molar-refractivity contribution is 1.06. The minimum absolute atomic E-state index is 0.635. The molecule has 1 aromatic heterocycles. The van der Waals surface area contributed by atoms with Crippen LogP contribution in [0.25, 0.3) is 11.3 Å². The van der Waals surface area contributed by atoms with Gasteiger partial charge in [-0.25, -0.2) is 9.97 Å². The second-order valence-electron chi connectivity index (χ2n) is 4.61. The Hall–Kier alpha value is -2.20. The fourth-order valence-corrected chi connectivity index (χ4v) is 2.49. The Morgan fingerprint density at radius 2 is 1.81 bits per heavy atom. The maximum absolute atomic E-state index is 4.55. The van der Waals surface area contributed by atoms with Crippen LogP contribution in [0.5, 0.6) is 0 Å². The van der Waals surface area contributed by atoms with Crippen LogP contribution in [0.1, 0.15) is 5.56 Å². The minimum Gasteiger partial charge on any atom is -0.350 e. The molecule has 0 saturated heterocycles. The molecule has 0 amide bonds. The molecule has 0 spiro atoms. The van der Waals surface area contributed by atoms with Crippen molar-refractivity contribution in [2.45, 2.75) is 6.54 Å². The highest BCUT2D eigenvalue weighted by atomic mass is 79.9. The van der Waals surface area contributed by atoms with Crippen LogP contribution in [0, 0.1) is 0 Å². The minimum atomic E-state index is 0.635. The Morgan fingerprint density at radius 3 is 2.62 bits per heavy atom. The van der Waals surface area contributed by atoms with Crippen molar-refractivity contribution in [1.29, 1.82) is 0 Å². The van der Waals surface area contributed by atoms with Crippen molar-refractivity contribution in [2.24, 2.45) is 0 Å². The van der Waals surface area contributed by atoms with Crippen molar-refractivity contribution >= 4 is 21.9 Å². The molecule has 0 bridgehead atoms. The monoisotopic (exact) mass is 339 g/mol. The van der Waals surface area contributed by atoms with E-state index in [2.05, 4.69) is 43.3 Å². The summed E-state index contributed by atoms with van der Waals surface area (Å²) in [5.74, 6) is 0.635. The number of benzene rings is 2. The van der Waals surface area contributed by atoms with E-state index in [0.717, 1.165) is 15.7 Å². The number of rotatable bonds is 4. The molecule has 3 rings (SSSR count). The topological polar surface area (TPSA) is 37.8 Å². The fourth-order valence-electron chi connectivity index (χ4n) is 2.04. The van der Waals surface area contributed by atoms with Crippen LogP contribution in [0.3, 0.4) is 0 Å². The molecule has 4 heteroatoms. The molecule has 1 N–H and O–H groups in total. The van der Waals surface area contributed by atoms with Gasteiger partial charge < -0.3 is 5.32 Å². The number of anilines is 1. The van der Waals surface area contributed by atoms with Crippen molar-refractivity contribution < 1.29 is 0 Å². The maximum atomic E-state index is 4.55. The number of aromatic nitrogens is 2. The number of hydrogen-bond donors (Lipinski definition) is 1. The van der Waals surface area contributed by atoms with Crippen molar-refractivity contribution in [1.82, 2.24) is 9.97 Å². The van der Waals surface area contributed by atoms with E-state index in [1.165, 1.54) is 5.56 Å². The average Bonchev–Trinajstić information content (AvgIpc) is 2.54. The van der Waals surface area contributed by atoms with Gasteiger partial charge in [-0.15, -0.1) is 0 Å². The molecule has 0 radical (unpaired) electrons. The maximum Gasteiger partial charge on any atom is 0.223 e. The molecule has 0 aliphatic rings. The van der Waals surface area contributed by atoms with Gasteiger partial charge in [0.05, 0.1) is 5.69 Å². The highest BCUT2D eigenvalue weighted by Crippen LogP contribution is 2.17. The molecule has 0 aliphatic heterocycles. The quantitative estimate of drug-likeness (QED) is 0.759. The van der Waals surface area contributed by atoms with Crippen LogP contribution in [-0.2, 0) is 6.54 Å². The zero-order chi connectivity index (χ0) is 14.5. The lowest BCUT2D eigenvalue weighted by Crippen LogP contribution is -2.03. The van der Waals surface area contributed by atoms with Crippen molar-refractivity contribution in [2.75, 3.05) is 5.32 Å². The van der Waals surface area contributed by atoms with E-state index in [4.69, 9.17) is 0 Å². The zero-order valence-electron chi connectivity index (χ0n) is 11.3. The van der Waals surface area contributed by atoms with Gasteiger partial charge in [0.1, 0.15) is 0 Å². The molecule has 1 heterocycles. The summed E-state index contributed by atoms with van der Waals surface area (Å²) in [4.78, 5) is 8.82. The van der Waals surface area contributed by atoms with Crippen LogP contribution in [0.2, 0.25) is 0 Å². The second kappa shape index (κ2) is 6.50. The van der Waals surface area contributed by atoms with E-state index < -0.39 is 0 Å². The number of nitrogens with one attached hydrogen (secondary N) is 1. The largest absolute Gasteiger partial charge is 0.350 e. The van der Waals surface area contributed by atoms with E-state index in [0.29, 0.717) is 12.5 Å². The van der Waals surface area contributed by atoms with Gasteiger partial charge in [-0.2, -0.15) is 0 Å². The molecule has 0 fully saturated rings. The molecule has 3 aromatic rings. The Balaban J connectivity index is 1.75. The van der Waals surface area contributed by atoms with Crippen molar-refractivity contribution in [3.05, 3.63) is 76.9 Å². The highest BCUT2D eigenvalue weighted by Gasteiger charge is 2.02. The molecule has 104 valence electrons. The Labute approximate surface area is 132 Å². The Kier molecular flexibility index (Phi) is 4.26. The van der Waals surface area contributed by atoms with Gasteiger partial charge in [0.15, 0.2) is 0 Å². The van der Waals surface area contributed by atoms with Gasteiger partial charge in [0, 0.05) is 22.8 Å². The Morgan fingerprint density at radius 1 is 0.952 bits per heavy atom. The van der Waals surface area contributed by atoms with E-state index >= 15 is 0 Å². The predicted octanol–water partition coefficient (Wildman–Crippen LogP) is 4.52. The molecule has 3 nitrogen and oxygen atoms in total. The smallest absolute Gasteiger partial charge is 0.223 e. The molecule has 0 saturated carbocycles. The summed E-state index contributed by atoms with van der Waals surface area (Å²) in [7, 11) is 0. The number of nitrogens with zero attached hydrogens (tertiary/aromatic N) is 2. The third-order valence-corrected chi connectivity index (χ3v) is 3.56. The summed E-state index contributed by atoms with van der Waals surface area (Å²) >= 11 is 3.47. The molecule has 0 atom stereocenters. The standard InChI is InChI=1S/C17H14BrN3/c18-15-8-4-5-13(11-15)12-20-17-19-10-9-16(21-17)14-6-2-1-3-7-14/h1-11H,12H2,(H,19,20,21). The molecule has 2 aromatic carbocycles. The molecule has 21 heavy (non-hydrogen) atoms.